The minimum atomic E-state index is -3.05. The first-order chi connectivity index (χ1) is 6.27. The summed E-state index contributed by atoms with van der Waals surface area (Å²) in [6.07, 6.45) is 0. The minimum Gasteiger partial charge on any atom is -0.313 e. The zero-order chi connectivity index (χ0) is 11.4. The zero-order valence-corrected chi connectivity index (χ0v) is 10.6. The maximum Gasteiger partial charge on any atom is 0.214 e. The summed E-state index contributed by atoms with van der Waals surface area (Å²) in [6, 6.07) is 0.354. The molecule has 1 unspecified atom stereocenters. The van der Waals surface area contributed by atoms with E-state index in [1.807, 2.05) is 0 Å². The van der Waals surface area contributed by atoms with Gasteiger partial charge in [-0.15, -0.1) is 0 Å². The Balaban J connectivity index is 3.86. The van der Waals surface area contributed by atoms with E-state index in [1.54, 1.807) is 14.1 Å². The van der Waals surface area contributed by atoms with Gasteiger partial charge >= 0.3 is 0 Å². The van der Waals surface area contributed by atoms with Crippen LogP contribution in [0.4, 0.5) is 0 Å². The van der Waals surface area contributed by atoms with E-state index >= 15 is 0 Å². The highest BCUT2D eigenvalue weighted by Gasteiger charge is 2.14. The third kappa shape index (κ3) is 4.93. The van der Waals surface area contributed by atoms with Crippen molar-refractivity contribution < 1.29 is 8.42 Å². The predicted molar refractivity (Wildman–Crippen MR) is 59.8 cm³/mol. The van der Waals surface area contributed by atoms with Gasteiger partial charge in [0.05, 0.1) is 5.75 Å². The van der Waals surface area contributed by atoms with Crippen LogP contribution in [0.15, 0.2) is 0 Å². The summed E-state index contributed by atoms with van der Waals surface area (Å²) in [4.78, 5) is 0. The third-order valence-electron chi connectivity index (χ3n) is 2.38. The largest absolute Gasteiger partial charge is 0.313 e. The molecular weight excluding hydrogens is 200 g/mol. The van der Waals surface area contributed by atoms with Crippen LogP contribution in [0.1, 0.15) is 20.8 Å². The van der Waals surface area contributed by atoms with E-state index < -0.39 is 10.0 Å². The fourth-order valence-corrected chi connectivity index (χ4v) is 1.57. The SMILES string of the molecule is CC(C)C(C)NCCS(=O)(=O)N(C)C. The summed E-state index contributed by atoms with van der Waals surface area (Å²) in [5.41, 5.74) is 0. The lowest BCUT2D eigenvalue weighted by Crippen LogP contribution is -2.37. The Morgan fingerprint density at radius 3 is 2.07 bits per heavy atom. The molecule has 0 aliphatic rings. The van der Waals surface area contributed by atoms with Crippen LogP contribution in [-0.2, 0) is 10.0 Å². The molecule has 0 spiro atoms. The van der Waals surface area contributed by atoms with Crippen LogP contribution in [0.2, 0.25) is 0 Å². The molecule has 14 heavy (non-hydrogen) atoms. The number of rotatable bonds is 6. The second-order valence-electron chi connectivity index (χ2n) is 4.09. The van der Waals surface area contributed by atoms with Crippen LogP contribution >= 0.6 is 0 Å². The number of sulfonamides is 1. The van der Waals surface area contributed by atoms with Crippen molar-refractivity contribution in [3.05, 3.63) is 0 Å². The van der Waals surface area contributed by atoms with Crippen molar-refractivity contribution in [2.75, 3.05) is 26.4 Å². The fourth-order valence-electron chi connectivity index (χ4n) is 0.834. The average molecular weight is 222 g/mol. The topological polar surface area (TPSA) is 49.4 Å². The molecular formula is C9H22N2O2S. The molecule has 0 aliphatic heterocycles. The Labute approximate surface area is 87.7 Å². The second kappa shape index (κ2) is 5.68. The molecule has 0 saturated heterocycles. The van der Waals surface area contributed by atoms with Gasteiger partial charge in [0.25, 0.3) is 0 Å². The lowest BCUT2D eigenvalue weighted by atomic mass is 10.1. The summed E-state index contributed by atoms with van der Waals surface area (Å²) in [7, 11) is 0.0648. The number of nitrogens with one attached hydrogen (secondary N) is 1. The normalized spacial score (nSPS) is 15.1. The summed E-state index contributed by atoms with van der Waals surface area (Å²) >= 11 is 0. The Hall–Kier alpha value is -0.130. The van der Waals surface area contributed by atoms with Gasteiger partial charge in [0.2, 0.25) is 10.0 Å². The molecule has 0 aromatic heterocycles. The smallest absolute Gasteiger partial charge is 0.214 e. The van der Waals surface area contributed by atoms with E-state index in [0.717, 1.165) is 0 Å². The monoisotopic (exact) mass is 222 g/mol. The number of hydrogen-bond acceptors (Lipinski definition) is 3. The molecule has 86 valence electrons. The molecule has 0 rings (SSSR count). The van der Waals surface area contributed by atoms with Gasteiger partial charge in [0.1, 0.15) is 0 Å². The third-order valence-corrected chi connectivity index (χ3v) is 4.22. The molecule has 1 N–H and O–H groups in total. The van der Waals surface area contributed by atoms with Crippen LogP contribution in [0, 0.1) is 5.92 Å². The Morgan fingerprint density at radius 1 is 1.21 bits per heavy atom. The van der Waals surface area contributed by atoms with Crippen molar-refractivity contribution in [3.8, 4) is 0 Å². The number of hydrogen-bond donors (Lipinski definition) is 1. The van der Waals surface area contributed by atoms with Gasteiger partial charge in [-0.2, -0.15) is 0 Å². The van der Waals surface area contributed by atoms with Crippen molar-refractivity contribution >= 4 is 10.0 Å². The highest BCUT2D eigenvalue weighted by atomic mass is 32.2. The Bertz CT molecular complexity index is 248. The molecule has 4 nitrogen and oxygen atoms in total. The van der Waals surface area contributed by atoms with Crippen LogP contribution in [0.5, 0.6) is 0 Å². The lowest BCUT2D eigenvalue weighted by Gasteiger charge is -2.18. The Morgan fingerprint density at radius 2 is 1.71 bits per heavy atom. The van der Waals surface area contributed by atoms with Crippen LogP contribution in [0.3, 0.4) is 0 Å². The summed E-state index contributed by atoms with van der Waals surface area (Å²) in [5.74, 6) is 0.689. The maximum absolute atomic E-state index is 11.4. The van der Waals surface area contributed by atoms with Crippen LogP contribution in [-0.4, -0.2) is 45.2 Å². The fraction of sp³-hybridized carbons (Fsp3) is 1.00. The lowest BCUT2D eigenvalue weighted by molar-refractivity contribution is 0.434. The first-order valence-electron chi connectivity index (χ1n) is 4.91. The molecule has 0 bridgehead atoms. The summed E-state index contributed by atoms with van der Waals surface area (Å²) in [6.45, 7) is 6.79. The van der Waals surface area contributed by atoms with E-state index in [1.165, 1.54) is 4.31 Å². The average Bonchev–Trinajstić information content (AvgIpc) is 2.03. The molecule has 0 fully saturated rings. The van der Waals surface area contributed by atoms with Crippen molar-refractivity contribution in [2.45, 2.75) is 26.8 Å². The van der Waals surface area contributed by atoms with Gasteiger partial charge in [-0.25, -0.2) is 12.7 Å². The second-order valence-corrected chi connectivity index (χ2v) is 6.39. The van der Waals surface area contributed by atoms with E-state index in [2.05, 4.69) is 26.1 Å². The van der Waals surface area contributed by atoms with Crippen molar-refractivity contribution in [2.24, 2.45) is 5.92 Å². The van der Waals surface area contributed by atoms with Crippen LogP contribution < -0.4 is 5.32 Å². The van der Waals surface area contributed by atoms with Gasteiger partial charge in [-0.05, 0) is 12.8 Å². The molecule has 0 heterocycles. The molecule has 0 aliphatic carbocycles. The predicted octanol–water partition coefficient (Wildman–Crippen LogP) is 0.512. The first-order valence-corrected chi connectivity index (χ1v) is 6.52. The van der Waals surface area contributed by atoms with Gasteiger partial charge in [-0.3, -0.25) is 0 Å². The quantitative estimate of drug-likeness (QED) is 0.712. The highest BCUT2D eigenvalue weighted by Crippen LogP contribution is 1.99. The van der Waals surface area contributed by atoms with Crippen LogP contribution in [0.25, 0.3) is 0 Å². The van der Waals surface area contributed by atoms with E-state index in [9.17, 15) is 8.42 Å². The van der Waals surface area contributed by atoms with Gasteiger partial charge in [-0.1, -0.05) is 13.8 Å². The molecule has 0 aromatic rings. The number of nitrogens with zero attached hydrogens (tertiary/aromatic N) is 1. The van der Waals surface area contributed by atoms with Crippen molar-refractivity contribution in [3.63, 3.8) is 0 Å². The standard InChI is InChI=1S/C9H22N2O2S/c1-8(2)9(3)10-6-7-14(12,13)11(4)5/h8-10H,6-7H2,1-5H3. The molecule has 0 aromatic carbocycles. The van der Waals surface area contributed by atoms with Crippen molar-refractivity contribution in [1.29, 1.82) is 0 Å². The first kappa shape index (κ1) is 13.9. The maximum atomic E-state index is 11.4. The van der Waals surface area contributed by atoms with Crippen molar-refractivity contribution in [1.82, 2.24) is 9.62 Å². The summed E-state index contributed by atoms with van der Waals surface area (Å²) < 4.78 is 24.0. The molecule has 0 radical (unpaired) electrons. The molecule has 0 saturated carbocycles. The van der Waals surface area contributed by atoms with E-state index in [-0.39, 0.29) is 5.75 Å². The minimum absolute atomic E-state index is 0.164. The molecule has 1 atom stereocenters. The Kier molecular flexibility index (Phi) is 5.63. The van der Waals surface area contributed by atoms with E-state index in [0.29, 0.717) is 18.5 Å². The van der Waals surface area contributed by atoms with E-state index in [4.69, 9.17) is 0 Å². The summed E-state index contributed by atoms with van der Waals surface area (Å²) in [5, 5.41) is 3.19. The van der Waals surface area contributed by atoms with Gasteiger partial charge < -0.3 is 5.32 Å². The zero-order valence-electron chi connectivity index (χ0n) is 9.74. The molecule has 5 heteroatoms. The van der Waals surface area contributed by atoms with Gasteiger partial charge in [0.15, 0.2) is 0 Å². The van der Waals surface area contributed by atoms with Gasteiger partial charge in [0, 0.05) is 26.7 Å². The molecule has 0 amide bonds. The highest BCUT2D eigenvalue weighted by molar-refractivity contribution is 7.89.